The Morgan fingerprint density at radius 1 is 1.21 bits per heavy atom. The summed E-state index contributed by atoms with van der Waals surface area (Å²) in [5.74, 6) is 0. The first kappa shape index (κ1) is 12.1. The van der Waals surface area contributed by atoms with E-state index in [-0.39, 0.29) is 0 Å². The van der Waals surface area contributed by atoms with Crippen molar-refractivity contribution in [3.8, 4) is 0 Å². The molecule has 0 saturated carbocycles. The van der Waals surface area contributed by atoms with Gasteiger partial charge in [-0.25, -0.2) is 4.98 Å². The van der Waals surface area contributed by atoms with Gasteiger partial charge in [-0.05, 0) is 43.3 Å². The van der Waals surface area contributed by atoms with E-state index in [2.05, 4.69) is 47.2 Å². The number of aromatic nitrogens is 3. The number of rotatable bonds is 2. The highest BCUT2D eigenvalue weighted by atomic mass is 32.1. The number of hydrogen-bond acceptors (Lipinski definition) is 2. The maximum atomic E-state index is 5.40. The number of pyridine rings is 1. The first-order valence-electron chi connectivity index (χ1n) is 6.24. The van der Waals surface area contributed by atoms with Gasteiger partial charge in [-0.1, -0.05) is 29.8 Å². The predicted octanol–water partition coefficient (Wildman–Crippen LogP) is 3.76. The maximum Gasteiger partial charge on any atom is 0.179 e. The minimum absolute atomic E-state index is 0.717. The van der Waals surface area contributed by atoms with Crippen LogP contribution in [0.4, 0.5) is 0 Å². The molecule has 0 aliphatic carbocycles. The highest BCUT2D eigenvalue weighted by Gasteiger charge is 2.06. The van der Waals surface area contributed by atoms with E-state index in [1.807, 2.05) is 17.7 Å². The van der Waals surface area contributed by atoms with Gasteiger partial charge < -0.3 is 4.98 Å². The minimum atomic E-state index is 0.717. The van der Waals surface area contributed by atoms with Crippen LogP contribution in [0.15, 0.2) is 36.5 Å². The summed E-state index contributed by atoms with van der Waals surface area (Å²) in [6, 6.07) is 10.5. The Labute approximate surface area is 116 Å². The van der Waals surface area contributed by atoms with Crippen molar-refractivity contribution in [3.05, 3.63) is 58.0 Å². The molecular formula is C15H15N3S. The fraction of sp³-hybridized carbons (Fsp3) is 0.200. The molecule has 0 unspecified atom stereocenters. The number of aromatic amines is 1. The van der Waals surface area contributed by atoms with Crippen molar-refractivity contribution >= 4 is 23.4 Å². The predicted molar refractivity (Wildman–Crippen MR) is 79.9 cm³/mol. The molecule has 0 aliphatic rings. The van der Waals surface area contributed by atoms with Crippen molar-refractivity contribution in [3.63, 3.8) is 0 Å². The molecule has 0 radical (unpaired) electrons. The first-order valence-corrected chi connectivity index (χ1v) is 6.65. The molecule has 0 fully saturated rings. The third-order valence-corrected chi connectivity index (χ3v) is 3.49. The lowest BCUT2D eigenvalue weighted by Gasteiger charge is -2.05. The standard InChI is InChI=1S/C15H15N3S/c1-10-4-3-5-12(6-10)9-18-14-13(17-15(18)19)7-11(2)8-16-14/h3-8H,9H2,1-2H3,(H,17,19). The van der Waals surface area contributed by atoms with Crippen LogP contribution in [0.2, 0.25) is 0 Å². The Hall–Kier alpha value is -1.94. The fourth-order valence-electron chi connectivity index (χ4n) is 2.29. The normalized spacial score (nSPS) is 11.1. The molecule has 1 N–H and O–H groups in total. The van der Waals surface area contributed by atoms with E-state index in [1.54, 1.807) is 0 Å². The van der Waals surface area contributed by atoms with E-state index < -0.39 is 0 Å². The number of benzene rings is 1. The summed E-state index contributed by atoms with van der Waals surface area (Å²) in [5.41, 5.74) is 5.54. The van der Waals surface area contributed by atoms with Crippen LogP contribution in [-0.4, -0.2) is 14.5 Å². The molecule has 0 spiro atoms. The topological polar surface area (TPSA) is 33.6 Å². The maximum absolute atomic E-state index is 5.40. The molecule has 96 valence electrons. The molecule has 0 aliphatic heterocycles. The summed E-state index contributed by atoms with van der Waals surface area (Å²) < 4.78 is 2.76. The lowest BCUT2D eigenvalue weighted by molar-refractivity contribution is 0.800. The number of H-pyrrole nitrogens is 1. The summed E-state index contributed by atoms with van der Waals surface area (Å²) in [4.78, 5) is 7.70. The van der Waals surface area contributed by atoms with E-state index in [0.29, 0.717) is 0 Å². The van der Waals surface area contributed by atoms with E-state index >= 15 is 0 Å². The molecule has 1 aromatic carbocycles. The summed E-state index contributed by atoms with van der Waals surface area (Å²) in [6.07, 6.45) is 1.87. The van der Waals surface area contributed by atoms with Crippen LogP contribution in [0.3, 0.4) is 0 Å². The van der Waals surface area contributed by atoms with Crippen molar-refractivity contribution < 1.29 is 0 Å². The van der Waals surface area contributed by atoms with Gasteiger partial charge in [-0.2, -0.15) is 0 Å². The van der Waals surface area contributed by atoms with Gasteiger partial charge in [0.25, 0.3) is 0 Å². The second-order valence-corrected chi connectivity index (χ2v) is 5.28. The zero-order valence-electron chi connectivity index (χ0n) is 11.0. The summed E-state index contributed by atoms with van der Waals surface area (Å²) in [5, 5.41) is 0. The summed E-state index contributed by atoms with van der Waals surface area (Å²) in [6.45, 7) is 4.87. The number of aryl methyl sites for hydroxylation is 2. The summed E-state index contributed by atoms with van der Waals surface area (Å²) in [7, 11) is 0. The summed E-state index contributed by atoms with van der Waals surface area (Å²) >= 11 is 5.40. The largest absolute Gasteiger partial charge is 0.329 e. The van der Waals surface area contributed by atoms with Gasteiger partial charge in [0.05, 0.1) is 12.1 Å². The zero-order chi connectivity index (χ0) is 13.4. The molecule has 3 aromatic rings. The van der Waals surface area contributed by atoms with Crippen molar-refractivity contribution in [2.24, 2.45) is 0 Å². The molecule has 0 saturated heterocycles. The molecular weight excluding hydrogens is 254 g/mol. The molecule has 0 atom stereocenters. The van der Waals surface area contributed by atoms with Crippen molar-refractivity contribution in [1.29, 1.82) is 0 Å². The van der Waals surface area contributed by atoms with Gasteiger partial charge in [-0.15, -0.1) is 0 Å². The number of nitrogens with one attached hydrogen (secondary N) is 1. The molecule has 0 amide bonds. The molecule has 2 aromatic heterocycles. The van der Waals surface area contributed by atoms with Gasteiger partial charge in [0.15, 0.2) is 10.4 Å². The minimum Gasteiger partial charge on any atom is -0.329 e. The Balaban J connectivity index is 2.10. The smallest absolute Gasteiger partial charge is 0.179 e. The van der Waals surface area contributed by atoms with Crippen molar-refractivity contribution in [2.45, 2.75) is 20.4 Å². The second kappa shape index (κ2) is 4.63. The monoisotopic (exact) mass is 269 g/mol. The van der Waals surface area contributed by atoms with Gasteiger partial charge in [-0.3, -0.25) is 4.57 Å². The Morgan fingerprint density at radius 2 is 2.05 bits per heavy atom. The number of nitrogens with zero attached hydrogens (tertiary/aromatic N) is 2. The van der Waals surface area contributed by atoms with E-state index in [4.69, 9.17) is 12.2 Å². The van der Waals surface area contributed by atoms with Gasteiger partial charge >= 0.3 is 0 Å². The van der Waals surface area contributed by atoms with Crippen LogP contribution >= 0.6 is 12.2 Å². The highest BCUT2D eigenvalue weighted by molar-refractivity contribution is 7.71. The van der Waals surface area contributed by atoms with Crippen LogP contribution in [0.25, 0.3) is 11.2 Å². The molecule has 3 rings (SSSR count). The van der Waals surface area contributed by atoms with E-state index in [9.17, 15) is 0 Å². The Morgan fingerprint density at radius 3 is 2.84 bits per heavy atom. The SMILES string of the molecule is Cc1cccc(Cn2c(=S)[nH]c3cc(C)cnc32)c1. The van der Waals surface area contributed by atoms with Crippen molar-refractivity contribution in [1.82, 2.24) is 14.5 Å². The number of fused-ring (bicyclic) bond motifs is 1. The molecule has 19 heavy (non-hydrogen) atoms. The van der Waals surface area contributed by atoms with E-state index in [1.165, 1.54) is 11.1 Å². The van der Waals surface area contributed by atoms with E-state index in [0.717, 1.165) is 28.0 Å². The molecule has 2 heterocycles. The van der Waals surface area contributed by atoms with Gasteiger partial charge in [0.1, 0.15) is 0 Å². The van der Waals surface area contributed by atoms with Crippen LogP contribution in [0, 0.1) is 18.6 Å². The fourth-order valence-corrected chi connectivity index (χ4v) is 2.55. The average molecular weight is 269 g/mol. The van der Waals surface area contributed by atoms with Crippen LogP contribution < -0.4 is 0 Å². The van der Waals surface area contributed by atoms with Gasteiger partial charge in [0, 0.05) is 6.20 Å². The van der Waals surface area contributed by atoms with Crippen LogP contribution in [0.1, 0.15) is 16.7 Å². The van der Waals surface area contributed by atoms with Crippen LogP contribution in [-0.2, 0) is 6.54 Å². The Kier molecular flexibility index (Phi) is 2.95. The van der Waals surface area contributed by atoms with Gasteiger partial charge in [0.2, 0.25) is 0 Å². The van der Waals surface area contributed by atoms with Crippen molar-refractivity contribution in [2.75, 3.05) is 0 Å². The highest BCUT2D eigenvalue weighted by Crippen LogP contribution is 2.15. The number of hydrogen-bond donors (Lipinski definition) is 1. The quantitative estimate of drug-likeness (QED) is 0.719. The number of imidazole rings is 1. The Bertz CT molecular complexity index is 799. The second-order valence-electron chi connectivity index (χ2n) is 4.89. The zero-order valence-corrected chi connectivity index (χ0v) is 11.8. The average Bonchev–Trinajstić information content (AvgIpc) is 2.65. The lowest BCUT2D eigenvalue weighted by Crippen LogP contribution is -2.01. The molecule has 0 bridgehead atoms. The van der Waals surface area contributed by atoms with Crippen LogP contribution in [0.5, 0.6) is 0 Å². The first-order chi connectivity index (χ1) is 9.13. The molecule has 4 heteroatoms. The third-order valence-electron chi connectivity index (χ3n) is 3.17. The third kappa shape index (κ3) is 2.31. The lowest BCUT2D eigenvalue weighted by atomic mass is 10.1. The molecule has 3 nitrogen and oxygen atoms in total.